The van der Waals surface area contributed by atoms with Gasteiger partial charge in [0.05, 0.1) is 40.7 Å². The summed E-state index contributed by atoms with van der Waals surface area (Å²) in [4.78, 5) is 34.8. The van der Waals surface area contributed by atoms with Crippen molar-refractivity contribution in [3.8, 4) is 12.1 Å². The van der Waals surface area contributed by atoms with Crippen LogP contribution >= 0.6 is 23.1 Å². The van der Waals surface area contributed by atoms with Crippen molar-refractivity contribution < 1.29 is 9.59 Å². The number of anilines is 1. The van der Waals surface area contributed by atoms with Gasteiger partial charge in [-0.05, 0) is 75.8 Å². The van der Waals surface area contributed by atoms with E-state index < -0.39 is 0 Å². The topological polar surface area (TPSA) is 157 Å². The highest BCUT2D eigenvalue weighted by atomic mass is 32.2. The smallest absolute Gasteiger partial charge is 0.230 e. The SMILES string of the molecule is CC1=C(CC(=O)Nc2nnc(C3CCCC(C4=NC(C)C=C(NC(=O)Cc5cccc(C#N)n5)S4)C3)s2)C=CC=C(C#N)CC1. The fourth-order valence-electron chi connectivity index (χ4n) is 5.59. The van der Waals surface area contributed by atoms with Crippen LogP contribution in [-0.4, -0.2) is 38.1 Å². The number of nitrogens with zero attached hydrogens (tertiary/aromatic N) is 6. The van der Waals surface area contributed by atoms with E-state index >= 15 is 0 Å². The molecule has 2 aliphatic carbocycles. The van der Waals surface area contributed by atoms with E-state index in [1.165, 1.54) is 23.1 Å². The molecule has 0 radical (unpaired) electrons. The summed E-state index contributed by atoms with van der Waals surface area (Å²) in [6.07, 6.45) is 13.2. The van der Waals surface area contributed by atoms with Crippen LogP contribution in [0.3, 0.4) is 0 Å². The third-order valence-corrected chi connectivity index (χ3v) is 10.0. The fourth-order valence-corrected chi connectivity index (χ4v) is 7.75. The van der Waals surface area contributed by atoms with E-state index in [-0.39, 0.29) is 48.2 Å². The fraction of sp³-hybridized carbons (Fsp3) is 0.394. The highest BCUT2D eigenvalue weighted by Crippen LogP contribution is 2.42. The number of allylic oxidation sites excluding steroid dienone is 5. The second-order valence-electron chi connectivity index (χ2n) is 11.4. The van der Waals surface area contributed by atoms with Gasteiger partial charge in [-0.3, -0.25) is 14.6 Å². The molecule has 45 heavy (non-hydrogen) atoms. The lowest BCUT2D eigenvalue weighted by Crippen LogP contribution is -2.29. The number of amides is 2. The van der Waals surface area contributed by atoms with E-state index in [0.717, 1.165) is 63.9 Å². The van der Waals surface area contributed by atoms with Crippen molar-refractivity contribution in [1.82, 2.24) is 20.5 Å². The van der Waals surface area contributed by atoms with Crippen LogP contribution in [-0.2, 0) is 16.0 Å². The number of nitriles is 2. The van der Waals surface area contributed by atoms with Gasteiger partial charge in [0.25, 0.3) is 0 Å². The number of aromatic nitrogens is 3. The molecule has 0 spiro atoms. The van der Waals surface area contributed by atoms with Crippen molar-refractivity contribution in [1.29, 1.82) is 10.5 Å². The van der Waals surface area contributed by atoms with Crippen molar-refractivity contribution in [2.24, 2.45) is 10.9 Å². The summed E-state index contributed by atoms with van der Waals surface area (Å²) >= 11 is 2.94. The first-order valence-corrected chi connectivity index (χ1v) is 16.7. The predicted molar refractivity (Wildman–Crippen MR) is 176 cm³/mol. The Hall–Kier alpha value is -4.39. The molecule has 230 valence electrons. The maximum Gasteiger partial charge on any atom is 0.230 e. The van der Waals surface area contributed by atoms with Crippen LogP contribution in [0.5, 0.6) is 0 Å². The molecule has 0 saturated heterocycles. The summed E-state index contributed by atoms with van der Waals surface area (Å²) in [7, 11) is 0. The molecule has 0 bridgehead atoms. The molecule has 3 atom stereocenters. The van der Waals surface area contributed by atoms with E-state index in [4.69, 9.17) is 10.3 Å². The predicted octanol–water partition coefficient (Wildman–Crippen LogP) is 6.26. The van der Waals surface area contributed by atoms with Crippen molar-refractivity contribution in [3.63, 3.8) is 0 Å². The summed E-state index contributed by atoms with van der Waals surface area (Å²) in [6, 6.07) is 9.24. The van der Waals surface area contributed by atoms with Gasteiger partial charge in [-0.2, -0.15) is 10.5 Å². The zero-order valence-electron chi connectivity index (χ0n) is 25.2. The lowest BCUT2D eigenvalue weighted by molar-refractivity contribution is -0.119. The quantitative estimate of drug-likeness (QED) is 0.343. The van der Waals surface area contributed by atoms with Gasteiger partial charge in [0.15, 0.2) is 0 Å². The molecule has 3 heterocycles. The number of carbonyl (C=O) groups excluding carboxylic acids is 2. The first-order chi connectivity index (χ1) is 21.8. The Morgan fingerprint density at radius 1 is 1.04 bits per heavy atom. The number of aliphatic imine (C=N–C) groups is 1. The monoisotopic (exact) mass is 638 g/mol. The number of hydrogen-bond acceptors (Lipinski definition) is 10. The molecule has 0 aromatic carbocycles. The second-order valence-corrected chi connectivity index (χ2v) is 13.5. The van der Waals surface area contributed by atoms with Gasteiger partial charge in [0, 0.05) is 17.4 Å². The summed E-state index contributed by atoms with van der Waals surface area (Å²) in [6.45, 7) is 4.01. The van der Waals surface area contributed by atoms with Crippen LogP contribution < -0.4 is 10.6 Å². The Labute approximate surface area is 271 Å². The summed E-state index contributed by atoms with van der Waals surface area (Å²) < 4.78 is 0. The largest absolute Gasteiger partial charge is 0.320 e. The molecule has 1 aliphatic heterocycles. The van der Waals surface area contributed by atoms with Crippen molar-refractivity contribution >= 4 is 45.1 Å². The Morgan fingerprint density at radius 2 is 1.87 bits per heavy atom. The van der Waals surface area contributed by atoms with Gasteiger partial charge in [-0.25, -0.2) is 4.98 Å². The molecular formula is C33H34N8O2S2. The van der Waals surface area contributed by atoms with Crippen LogP contribution in [0.25, 0.3) is 0 Å². The average Bonchev–Trinajstić information content (AvgIpc) is 3.49. The average molecular weight is 639 g/mol. The molecule has 1 saturated carbocycles. The molecule has 3 aliphatic rings. The lowest BCUT2D eigenvalue weighted by atomic mass is 9.82. The number of thioether (sulfide) groups is 1. The number of hydrogen-bond donors (Lipinski definition) is 2. The molecule has 5 rings (SSSR count). The van der Waals surface area contributed by atoms with Crippen molar-refractivity contribution in [2.75, 3.05) is 5.32 Å². The third kappa shape index (κ3) is 8.84. The number of rotatable bonds is 8. The number of carbonyl (C=O) groups is 2. The summed E-state index contributed by atoms with van der Waals surface area (Å²) in [5.41, 5.74) is 3.63. The van der Waals surface area contributed by atoms with Crippen molar-refractivity contribution in [3.05, 3.63) is 80.6 Å². The summed E-state index contributed by atoms with van der Waals surface area (Å²) in [5.74, 6) is 0.133. The summed E-state index contributed by atoms with van der Waals surface area (Å²) in [5, 5.41) is 36.1. The van der Waals surface area contributed by atoms with Crippen molar-refractivity contribution in [2.45, 2.75) is 77.2 Å². The van der Waals surface area contributed by atoms with E-state index in [1.807, 2.05) is 38.1 Å². The van der Waals surface area contributed by atoms with E-state index in [1.54, 1.807) is 24.3 Å². The van der Waals surface area contributed by atoms with Gasteiger partial charge in [0.2, 0.25) is 16.9 Å². The lowest BCUT2D eigenvalue weighted by Gasteiger charge is -2.30. The van der Waals surface area contributed by atoms with Crippen LogP contribution in [0.2, 0.25) is 0 Å². The van der Waals surface area contributed by atoms with Crippen LogP contribution in [0.15, 0.2) is 69.2 Å². The minimum Gasteiger partial charge on any atom is -0.320 e. The molecule has 2 N–H and O–H groups in total. The van der Waals surface area contributed by atoms with Crippen LogP contribution in [0.4, 0.5) is 5.13 Å². The molecule has 2 amide bonds. The Bertz CT molecular complexity index is 1700. The van der Waals surface area contributed by atoms with Crippen LogP contribution in [0.1, 0.15) is 81.1 Å². The maximum atomic E-state index is 12.9. The van der Waals surface area contributed by atoms with Gasteiger partial charge in [-0.15, -0.1) is 10.2 Å². The number of pyridine rings is 1. The second kappa shape index (κ2) is 15.1. The van der Waals surface area contributed by atoms with E-state index in [2.05, 4.69) is 31.9 Å². The molecular weight excluding hydrogens is 605 g/mol. The molecule has 3 unspecified atom stereocenters. The van der Waals surface area contributed by atoms with Gasteiger partial charge in [-0.1, -0.05) is 53.3 Å². The van der Waals surface area contributed by atoms with E-state index in [0.29, 0.717) is 17.2 Å². The normalized spacial score (nSPS) is 21.7. The molecule has 2 aromatic rings. The Balaban J connectivity index is 1.15. The van der Waals surface area contributed by atoms with Gasteiger partial charge >= 0.3 is 0 Å². The molecule has 12 heteroatoms. The third-order valence-electron chi connectivity index (χ3n) is 7.93. The maximum absolute atomic E-state index is 12.9. The standard InChI is InChI=1S/C33H34N8O2S2/c1-20-12-13-22(18-34)6-3-7-23(20)16-28(42)39-33-41-40-32(45-33)25-9-4-8-24(15-25)31-36-21(2)14-30(44-31)38-29(43)17-26-10-5-11-27(19-35)37-26/h3,5-7,10-11,14,21,24-25H,4,8-9,12-13,15-17H2,1-2H3,(H,38,43)(H,39,41,42). The number of nitrogens with one attached hydrogen (secondary N) is 2. The molecule has 10 nitrogen and oxygen atoms in total. The Kier molecular flexibility index (Phi) is 10.7. The van der Waals surface area contributed by atoms with Gasteiger partial charge < -0.3 is 10.6 Å². The minimum atomic E-state index is -0.184. The zero-order chi connectivity index (χ0) is 31.8. The van der Waals surface area contributed by atoms with Gasteiger partial charge in [0.1, 0.15) is 16.8 Å². The molecule has 2 aromatic heterocycles. The minimum absolute atomic E-state index is 0.0591. The zero-order valence-corrected chi connectivity index (χ0v) is 26.9. The first-order valence-electron chi connectivity index (χ1n) is 15.0. The highest BCUT2D eigenvalue weighted by molar-refractivity contribution is 8.17. The van der Waals surface area contributed by atoms with E-state index in [9.17, 15) is 14.9 Å². The first kappa shape index (κ1) is 32.0. The molecule has 1 fully saturated rings. The Morgan fingerprint density at radius 3 is 2.69 bits per heavy atom. The van der Waals surface area contributed by atoms with Crippen LogP contribution in [0, 0.1) is 28.6 Å². The highest BCUT2D eigenvalue weighted by Gasteiger charge is 2.31.